The Morgan fingerprint density at radius 3 is 2.40 bits per heavy atom. The van der Waals surface area contributed by atoms with E-state index in [-0.39, 0.29) is 11.7 Å². The summed E-state index contributed by atoms with van der Waals surface area (Å²) in [6.45, 7) is 2.32. The van der Waals surface area contributed by atoms with Crippen molar-refractivity contribution in [3.05, 3.63) is 101 Å². The van der Waals surface area contributed by atoms with E-state index < -0.39 is 17.9 Å². The molecule has 0 aromatic heterocycles. The summed E-state index contributed by atoms with van der Waals surface area (Å²) < 4.78 is 11.3. The Hall–Kier alpha value is -4.06. The molecule has 2 N–H and O–H groups in total. The van der Waals surface area contributed by atoms with Gasteiger partial charge in [-0.2, -0.15) is 0 Å². The molecule has 35 heavy (non-hydrogen) atoms. The number of benzene rings is 3. The van der Waals surface area contributed by atoms with Gasteiger partial charge < -0.3 is 20.1 Å². The Bertz CT molecular complexity index is 1280. The number of methoxy groups -OCH3 is 1. The topological polar surface area (TPSA) is 76.7 Å². The Morgan fingerprint density at radius 1 is 0.943 bits per heavy atom. The van der Waals surface area contributed by atoms with Gasteiger partial charge in [0.15, 0.2) is 5.78 Å². The van der Waals surface area contributed by atoms with E-state index in [1.54, 1.807) is 0 Å². The number of hydrogen-bond donors (Lipinski definition) is 2. The van der Waals surface area contributed by atoms with Gasteiger partial charge in [0.2, 0.25) is 0 Å². The molecule has 1 aliphatic carbocycles. The fourth-order valence-electron chi connectivity index (χ4n) is 4.95. The number of allylic oxidation sites excluding steroid dienone is 1. The Kier molecular flexibility index (Phi) is 6.27. The summed E-state index contributed by atoms with van der Waals surface area (Å²) >= 11 is 0. The standard InChI is InChI=1S/C29H28N2O4/c1-18-16-23-26(28(32)25(18)29(33)34-2)27(31-22-14-8-7-13-21(22)30-23)20-12-6-9-15-24(20)35-17-19-10-4-3-5-11-19/h3-15,18,25,27,30-31H,16-17H2,1-2H3/t18-,25-,27-/m0/s1. The third-order valence-electron chi connectivity index (χ3n) is 6.69. The lowest BCUT2D eigenvalue weighted by Crippen LogP contribution is -2.39. The van der Waals surface area contributed by atoms with Crippen molar-refractivity contribution < 1.29 is 19.1 Å². The molecule has 6 heteroatoms. The number of fused-ring (bicyclic) bond motifs is 1. The van der Waals surface area contributed by atoms with E-state index in [2.05, 4.69) is 10.6 Å². The lowest BCUT2D eigenvalue weighted by molar-refractivity contribution is -0.151. The predicted octanol–water partition coefficient (Wildman–Crippen LogP) is 5.50. The molecule has 2 aliphatic rings. The van der Waals surface area contributed by atoms with Gasteiger partial charge in [-0.15, -0.1) is 0 Å². The van der Waals surface area contributed by atoms with Gasteiger partial charge >= 0.3 is 5.97 Å². The highest BCUT2D eigenvalue weighted by Crippen LogP contribution is 2.45. The number of carbonyl (C=O) groups is 2. The second-order valence-corrected chi connectivity index (χ2v) is 9.00. The number of hydrogen-bond acceptors (Lipinski definition) is 6. The smallest absolute Gasteiger partial charge is 0.316 e. The summed E-state index contributed by atoms with van der Waals surface area (Å²) in [6, 6.07) is 25.1. The van der Waals surface area contributed by atoms with Gasteiger partial charge in [-0.05, 0) is 36.1 Å². The molecule has 0 radical (unpaired) electrons. The van der Waals surface area contributed by atoms with Crippen LogP contribution in [0.4, 0.5) is 11.4 Å². The van der Waals surface area contributed by atoms with E-state index in [1.165, 1.54) is 7.11 Å². The zero-order valence-corrected chi connectivity index (χ0v) is 19.8. The van der Waals surface area contributed by atoms with Crippen LogP contribution in [-0.2, 0) is 20.9 Å². The van der Waals surface area contributed by atoms with Crippen molar-refractivity contribution in [2.75, 3.05) is 17.7 Å². The number of rotatable bonds is 5. The Morgan fingerprint density at radius 2 is 1.63 bits per heavy atom. The zero-order chi connectivity index (χ0) is 24.4. The molecule has 178 valence electrons. The Balaban J connectivity index is 1.59. The highest BCUT2D eigenvalue weighted by atomic mass is 16.5. The maximum absolute atomic E-state index is 13.9. The van der Waals surface area contributed by atoms with Crippen molar-refractivity contribution in [2.24, 2.45) is 11.8 Å². The Labute approximate surface area is 205 Å². The molecule has 0 saturated carbocycles. The molecular formula is C29H28N2O4. The maximum Gasteiger partial charge on any atom is 0.316 e. The SMILES string of the molecule is COC(=O)[C@@H]1C(=O)C2=C(C[C@@H]1C)Nc1ccccc1N[C@H]2c1ccccc1OCc1ccccc1. The molecule has 3 aromatic rings. The number of anilines is 2. The monoisotopic (exact) mass is 468 g/mol. The summed E-state index contributed by atoms with van der Waals surface area (Å²) in [5.41, 5.74) is 5.02. The van der Waals surface area contributed by atoms with E-state index in [0.717, 1.165) is 28.2 Å². The lowest BCUT2D eigenvalue weighted by atomic mass is 9.74. The number of esters is 1. The molecule has 1 heterocycles. The van der Waals surface area contributed by atoms with Crippen LogP contribution in [0.5, 0.6) is 5.75 Å². The molecule has 0 saturated heterocycles. The fourth-order valence-corrected chi connectivity index (χ4v) is 4.95. The van der Waals surface area contributed by atoms with Gasteiger partial charge in [-0.25, -0.2) is 0 Å². The van der Waals surface area contributed by atoms with Crippen LogP contribution in [0, 0.1) is 11.8 Å². The number of carbonyl (C=O) groups excluding carboxylic acids is 2. The number of Topliss-reactive ketones (excluding diaryl/α,β-unsaturated/α-hetero) is 1. The molecule has 1 aliphatic heterocycles. The third-order valence-corrected chi connectivity index (χ3v) is 6.69. The summed E-state index contributed by atoms with van der Waals surface area (Å²) in [7, 11) is 1.33. The first kappa shape index (κ1) is 22.7. The van der Waals surface area contributed by atoms with Crippen LogP contribution in [0.25, 0.3) is 0 Å². The highest BCUT2D eigenvalue weighted by molar-refractivity contribution is 6.11. The van der Waals surface area contributed by atoms with Crippen molar-refractivity contribution >= 4 is 23.1 Å². The van der Waals surface area contributed by atoms with Crippen molar-refractivity contribution in [3.63, 3.8) is 0 Å². The van der Waals surface area contributed by atoms with Crippen LogP contribution in [0.3, 0.4) is 0 Å². The average Bonchev–Trinajstić information content (AvgIpc) is 3.04. The first-order chi connectivity index (χ1) is 17.1. The first-order valence-electron chi connectivity index (χ1n) is 11.8. The molecule has 0 fully saturated rings. The van der Waals surface area contributed by atoms with E-state index in [0.29, 0.717) is 24.4 Å². The van der Waals surface area contributed by atoms with Crippen molar-refractivity contribution in [1.29, 1.82) is 0 Å². The second kappa shape index (κ2) is 9.66. The normalized spacial score (nSPS) is 21.1. The number of nitrogens with one attached hydrogen (secondary N) is 2. The number of ether oxygens (including phenoxy) is 2. The van der Waals surface area contributed by atoms with Crippen LogP contribution in [-0.4, -0.2) is 18.9 Å². The zero-order valence-electron chi connectivity index (χ0n) is 19.8. The maximum atomic E-state index is 13.9. The molecule has 0 spiro atoms. The summed E-state index contributed by atoms with van der Waals surface area (Å²) in [5.74, 6) is -1.06. The predicted molar refractivity (Wildman–Crippen MR) is 135 cm³/mol. The highest BCUT2D eigenvalue weighted by Gasteiger charge is 2.44. The number of para-hydroxylation sites is 3. The minimum absolute atomic E-state index is 0.184. The molecule has 0 bridgehead atoms. The van der Waals surface area contributed by atoms with E-state index in [1.807, 2.05) is 85.8 Å². The summed E-state index contributed by atoms with van der Waals surface area (Å²) in [5, 5.41) is 7.04. The molecule has 0 amide bonds. The van der Waals surface area contributed by atoms with Crippen molar-refractivity contribution in [2.45, 2.75) is 26.0 Å². The second-order valence-electron chi connectivity index (χ2n) is 9.00. The van der Waals surface area contributed by atoms with Crippen LogP contribution in [0.15, 0.2) is 90.1 Å². The largest absolute Gasteiger partial charge is 0.489 e. The van der Waals surface area contributed by atoms with E-state index in [4.69, 9.17) is 9.47 Å². The molecule has 6 nitrogen and oxygen atoms in total. The molecule has 3 atom stereocenters. The quantitative estimate of drug-likeness (QED) is 0.381. The van der Waals surface area contributed by atoms with Gasteiger partial charge in [0, 0.05) is 16.8 Å². The average molecular weight is 469 g/mol. The van der Waals surface area contributed by atoms with E-state index >= 15 is 0 Å². The van der Waals surface area contributed by atoms with Crippen LogP contribution >= 0.6 is 0 Å². The van der Waals surface area contributed by atoms with Gasteiger partial charge in [0.25, 0.3) is 0 Å². The minimum atomic E-state index is -0.844. The third kappa shape index (κ3) is 4.39. The van der Waals surface area contributed by atoms with Gasteiger partial charge in [0.05, 0.1) is 24.5 Å². The molecule has 0 unspecified atom stereocenters. The van der Waals surface area contributed by atoms with Gasteiger partial charge in [-0.1, -0.05) is 67.6 Å². The van der Waals surface area contributed by atoms with Crippen molar-refractivity contribution in [1.82, 2.24) is 0 Å². The molecular weight excluding hydrogens is 440 g/mol. The molecule has 5 rings (SSSR count). The fraction of sp³-hybridized carbons (Fsp3) is 0.241. The number of ketones is 1. The lowest BCUT2D eigenvalue weighted by Gasteiger charge is -2.33. The molecule has 3 aromatic carbocycles. The summed E-state index contributed by atoms with van der Waals surface area (Å²) in [6.07, 6.45) is 0.556. The first-order valence-corrected chi connectivity index (χ1v) is 11.8. The van der Waals surface area contributed by atoms with Gasteiger partial charge in [0.1, 0.15) is 18.3 Å². The van der Waals surface area contributed by atoms with Crippen LogP contribution in [0.1, 0.15) is 30.5 Å². The summed E-state index contributed by atoms with van der Waals surface area (Å²) in [4.78, 5) is 26.5. The van der Waals surface area contributed by atoms with Crippen LogP contribution in [0.2, 0.25) is 0 Å². The van der Waals surface area contributed by atoms with Crippen molar-refractivity contribution in [3.8, 4) is 5.75 Å². The van der Waals surface area contributed by atoms with Crippen LogP contribution < -0.4 is 15.4 Å². The van der Waals surface area contributed by atoms with Gasteiger partial charge in [-0.3, -0.25) is 9.59 Å². The minimum Gasteiger partial charge on any atom is -0.489 e. The van der Waals surface area contributed by atoms with E-state index in [9.17, 15) is 9.59 Å².